The van der Waals surface area contributed by atoms with Gasteiger partial charge in [-0.3, -0.25) is 4.79 Å². The molecule has 0 aliphatic rings. The van der Waals surface area contributed by atoms with E-state index in [1.165, 1.54) is 0 Å². The monoisotopic (exact) mass is 404 g/mol. The van der Waals surface area contributed by atoms with Crippen molar-refractivity contribution in [2.75, 3.05) is 40.5 Å². The van der Waals surface area contributed by atoms with Gasteiger partial charge in [0.1, 0.15) is 11.6 Å². The first kappa shape index (κ1) is 21.3. The number of pyridine rings is 1. The summed E-state index contributed by atoms with van der Waals surface area (Å²) in [6.45, 7) is 0.826. The number of nitrogens with two attached hydrogens (primary N) is 1. The highest BCUT2D eigenvalue weighted by Gasteiger charge is 2.17. The Morgan fingerprint density at radius 2 is 1.87 bits per heavy atom. The molecule has 0 aliphatic heterocycles. The van der Waals surface area contributed by atoms with Crippen molar-refractivity contribution in [1.29, 1.82) is 0 Å². The van der Waals surface area contributed by atoms with Gasteiger partial charge < -0.3 is 20.7 Å². The number of carbonyl (C=O) groups excluding carboxylic acids is 1. The molecule has 6 nitrogen and oxygen atoms in total. The van der Waals surface area contributed by atoms with Crippen LogP contribution in [0.5, 0.6) is 5.75 Å². The van der Waals surface area contributed by atoms with Gasteiger partial charge in [-0.25, -0.2) is 4.98 Å². The fraction of sp³-hybridized carbons (Fsp3) is 0.250. The highest BCUT2D eigenvalue weighted by atomic mass is 16.5. The van der Waals surface area contributed by atoms with E-state index in [1.807, 2.05) is 62.6 Å². The average molecular weight is 405 g/mol. The number of nitrogens with zero attached hydrogens (tertiary/aromatic N) is 2. The number of amides is 1. The largest absolute Gasteiger partial charge is 0.497 e. The average Bonchev–Trinajstić information content (AvgIpc) is 2.77. The van der Waals surface area contributed by atoms with Crippen LogP contribution < -0.4 is 15.8 Å². The number of methoxy groups -OCH3 is 1. The molecule has 30 heavy (non-hydrogen) atoms. The zero-order valence-corrected chi connectivity index (χ0v) is 17.9. The Balaban J connectivity index is 2.14. The number of carbonyl (C=O) groups is 1. The van der Waals surface area contributed by atoms with Crippen molar-refractivity contribution in [2.45, 2.75) is 6.42 Å². The predicted octanol–water partition coefficient (Wildman–Crippen LogP) is 3.47. The quantitative estimate of drug-likeness (QED) is 0.630. The van der Waals surface area contributed by atoms with Crippen molar-refractivity contribution in [3.05, 3.63) is 65.9 Å². The molecule has 3 N–H and O–H groups in total. The summed E-state index contributed by atoms with van der Waals surface area (Å²) < 4.78 is 5.35. The summed E-state index contributed by atoms with van der Waals surface area (Å²) in [4.78, 5) is 19.1. The lowest BCUT2D eigenvalue weighted by atomic mass is 9.92. The first-order chi connectivity index (χ1) is 14.4. The van der Waals surface area contributed by atoms with Crippen molar-refractivity contribution >= 4 is 11.7 Å². The number of hydrogen-bond acceptors (Lipinski definition) is 5. The van der Waals surface area contributed by atoms with Crippen LogP contribution in [-0.2, 0) is 6.42 Å². The number of nitrogens with one attached hydrogen (secondary N) is 1. The van der Waals surface area contributed by atoms with Gasteiger partial charge in [0.2, 0.25) is 0 Å². The van der Waals surface area contributed by atoms with Crippen LogP contribution in [0.1, 0.15) is 15.9 Å². The normalized spacial score (nSPS) is 10.8. The number of aromatic nitrogens is 1. The van der Waals surface area contributed by atoms with Crippen LogP contribution in [0.4, 0.5) is 5.82 Å². The van der Waals surface area contributed by atoms with E-state index in [2.05, 4.69) is 15.2 Å². The second kappa shape index (κ2) is 9.41. The molecular formula is C24H28N4O2. The Hall–Kier alpha value is -3.38. The second-order valence-electron chi connectivity index (χ2n) is 7.35. The molecule has 0 bridgehead atoms. The minimum Gasteiger partial charge on any atom is -0.497 e. The molecule has 0 atom stereocenters. The minimum absolute atomic E-state index is 0.0953. The number of rotatable bonds is 7. The number of likely N-dealkylation sites (N-methyl/N-ethyl adjacent to an activating group) is 1. The molecular weight excluding hydrogens is 376 g/mol. The van der Waals surface area contributed by atoms with Crippen molar-refractivity contribution in [1.82, 2.24) is 15.2 Å². The maximum atomic E-state index is 12.5. The molecule has 1 aromatic heterocycles. The lowest BCUT2D eigenvalue weighted by Gasteiger charge is -2.17. The standard InChI is InChI=1S/C24H28N4O2/c1-26-24(29)21-10-6-9-19(20(21)11-12-28(2)3)17-14-22(23(25)27-15-17)16-7-5-8-18(13-16)30-4/h5-10,13-15H,11-12H2,1-4H3,(H2,25,27)(H,26,29). The third kappa shape index (κ3) is 4.60. The first-order valence-electron chi connectivity index (χ1n) is 9.83. The molecule has 3 aromatic rings. The number of benzene rings is 2. The molecule has 1 heterocycles. The summed E-state index contributed by atoms with van der Waals surface area (Å²) >= 11 is 0. The number of anilines is 1. The minimum atomic E-state index is -0.0953. The van der Waals surface area contributed by atoms with Crippen molar-refractivity contribution < 1.29 is 9.53 Å². The molecule has 0 saturated carbocycles. The Morgan fingerprint density at radius 3 is 2.57 bits per heavy atom. The van der Waals surface area contributed by atoms with E-state index in [1.54, 1.807) is 20.4 Å². The SMILES string of the molecule is CNC(=O)c1cccc(-c2cnc(N)c(-c3cccc(OC)c3)c2)c1CCN(C)C. The van der Waals surface area contributed by atoms with E-state index in [-0.39, 0.29) is 5.91 Å². The summed E-state index contributed by atoms with van der Waals surface area (Å²) in [7, 11) is 7.33. The van der Waals surface area contributed by atoms with Gasteiger partial charge in [-0.2, -0.15) is 0 Å². The van der Waals surface area contributed by atoms with Gasteiger partial charge >= 0.3 is 0 Å². The fourth-order valence-electron chi connectivity index (χ4n) is 3.45. The lowest BCUT2D eigenvalue weighted by molar-refractivity contribution is 0.0962. The van der Waals surface area contributed by atoms with Crippen LogP contribution in [0, 0.1) is 0 Å². The molecule has 6 heteroatoms. The van der Waals surface area contributed by atoms with Crippen LogP contribution in [-0.4, -0.2) is 50.6 Å². The molecule has 0 unspecified atom stereocenters. The number of hydrogen-bond donors (Lipinski definition) is 2. The maximum absolute atomic E-state index is 12.5. The zero-order valence-electron chi connectivity index (χ0n) is 17.9. The molecule has 0 saturated heterocycles. The van der Waals surface area contributed by atoms with Gasteiger partial charge in [-0.1, -0.05) is 24.3 Å². The van der Waals surface area contributed by atoms with Gasteiger partial charge in [0.15, 0.2) is 0 Å². The van der Waals surface area contributed by atoms with E-state index in [0.717, 1.165) is 46.5 Å². The van der Waals surface area contributed by atoms with E-state index in [0.29, 0.717) is 11.4 Å². The Morgan fingerprint density at radius 1 is 1.10 bits per heavy atom. The van der Waals surface area contributed by atoms with Crippen molar-refractivity contribution in [3.63, 3.8) is 0 Å². The molecule has 0 fully saturated rings. The maximum Gasteiger partial charge on any atom is 0.251 e. The van der Waals surface area contributed by atoms with Crippen LogP contribution in [0.25, 0.3) is 22.3 Å². The lowest BCUT2D eigenvalue weighted by Crippen LogP contribution is -2.22. The second-order valence-corrected chi connectivity index (χ2v) is 7.35. The Bertz CT molecular complexity index is 1050. The summed E-state index contributed by atoms with van der Waals surface area (Å²) in [5.41, 5.74) is 11.5. The van der Waals surface area contributed by atoms with Gasteiger partial charge in [0.25, 0.3) is 5.91 Å². The van der Waals surface area contributed by atoms with E-state index in [9.17, 15) is 4.79 Å². The number of ether oxygens (including phenoxy) is 1. The van der Waals surface area contributed by atoms with Gasteiger partial charge in [0, 0.05) is 36.5 Å². The van der Waals surface area contributed by atoms with E-state index in [4.69, 9.17) is 10.5 Å². The van der Waals surface area contributed by atoms with Crippen molar-refractivity contribution in [2.24, 2.45) is 0 Å². The smallest absolute Gasteiger partial charge is 0.251 e. The Kier molecular flexibility index (Phi) is 6.69. The van der Waals surface area contributed by atoms with Crippen molar-refractivity contribution in [3.8, 4) is 28.0 Å². The highest BCUT2D eigenvalue weighted by molar-refractivity contribution is 5.97. The summed E-state index contributed by atoms with van der Waals surface area (Å²) in [6, 6.07) is 15.6. The third-order valence-corrected chi connectivity index (χ3v) is 5.07. The molecule has 3 rings (SSSR count). The first-order valence-corrected chi connectivity index (χ1v) is 9.83. The Labute approximate surface area is 177 Å². The summed E-state index contributed by atoms with van der Waals surface area (Å²) in [5.74, 6) is 1.11. The molecule has 2 aromatic carbocycles. The van der Waals surface area contributed by atoms with Crippen LogP contribution in [0.15, 0.2) is 54.7 Å². The summed E-state index contributed by atoms with van der Waals surface area (Å²) in [5, 5.41) is 2.74. The highest BCUT2D eigenvalue weighted by Crippen LogP contribution is 2.33. The number of nitrogen functional groups attached to an aromatic ring is 1. The van der Waals surface area contributed by atoms with E-state index < -0.39 is 0 Å². The molecule has 0 spiro atoms. The molecule has 0 radical (unpaired) electrons. The van der Waals surface area contributed by atoms with Gasteiger partial charge in [-0.15, -0.1) is 0 Å². The predicted molar refractivity (Wildman–Crippen MR) is 122 cm³/mol. The van der Waals surface area contributed by atoms with Crippen LogP contribution in [0.3, 0.4) is 0 Å². The molecule has 0 aliphatic carbocycles. The van der Waals surface area contributed by atoms with Gasteiger partial charge in [-0.05, 0) is 61.5 Å². The van der Waals surface area contributed by atoms with E-state index >= 15 is 0 Å². The van der Waals surface area contributed by atoms with Crippen LogP contribution in [0.2, 0.25) is 0 Å². The topological polar surface area (TPSA) is 80.5 Å². The van der Waals surface area contributed by atoms with Gasteiger partial charge in [0.05, 0.1) is 7.11 Å². The fourth-order valence-corrected chi connectivity index (χ4v) is 3.45. The van der Waals surface area contributed by atoms with Crippen LogP contribution >= 0.6 is 0 Å². The molecule has 1 amide bonds. The molecule has 156 valence electrons. The third-order valence-electron chi connectivity index (χ3n) is 5.07. The zero-order chi connectivity index (χ0) is 21.7. The summed E-state index contributed by atoms with van der Waals surface area (Å²) in [6.07, 6.45) is 2.51.